The maximum atomic E-state index is 5.47. The van der Waals surface area contributed by atoms with Crippen molar-refractivity contribution in [3.8, 4) is 0 Å². The van der Waals surface area contributed by atoms with Crippen LogP contribution in [0.1, 0.15) is 57.8 Å². The Bertz CT molecular complexity index is 299. The molecule has 0 bridgehead atoms. The van der Waals surface area contributed by atoms with Crippen molar-refractivity contribution in [2.45, 2.75) is 52.0 Å². The lowest BCUT2D eigenvalue weighted by atomic mass is 9.88. The molecule has 2 rings (SSSR count). The van der Waals surface area contributed by atoms with E-state index in [0.717, 1.165) is 18.7 Å². The normalized spacial score (nSPS) is 21.1. The number of nitrogens with one attached hydrogen (secondary N) is 1. The molecule has 1 fully saturated rings. The van der Waals surface area contributed by atoms with Gasteiger partial charge in [-0.25, -0.2) is 0 Å². The van der Waals surface area contributed by atoms with Crippen LogP contribution in [-0.2, 0) is 0 Å². The number of hydrogen-bond acceptors (Lipinski definition) is 2. The van der Waals surface area contributed by atoms with Crippen molar-refractivity contribution >= 4 is 0 Å². The van der Waals surface area contributed by atoms with Crippen LogP contribution >= 0.6 is 0 Å². The quantitative estimate of drug-likeness (QED) is 0.815. The molecule has 1 unspecified atom stereocenters. The summed E-state index contributed by atoms with van der Waals surface area (Å²) in [5, 5.41) is 3.66. The lowest BCUT2D eigenvalue weighted by Crippen LogP contribution is -2.32. The SMILES string of the molecule is CCC(NCC1(C)CCCC1)c1ccco1. The molecular formula is C14H23NO. The third-order valence-electron chi connectivity index (χ3n) is 3.88. The first-order chi connectivity index (χ1) is 7.73. The molecule has 1 atom stereocenters. The first kappa shape index (κ1) is 11.7. The van der Waals surface area contributed by atoms with Gasteiger partial charge in [-0.05, 0) is 36.8 Å². The van der Waals surface area contributed by atoms with Gasteiger partial charge < -0.3 is 9.73 Å². The Labute approximate surface area is 98.4 Å². The van der Waals surface area contributed by atoms with Gasteiger partial charge in [-0.2, -0.15) is 0 Å². The van der Waals surface area contributed by atoms with E-state index >= 15 is 0 Å². The Morgan fingerprint density at radius 3 is 2.75 bits per heavy atom. The van der Waals surface area contributed by atoms with Crippen LogP contribution in [0.25, 0.3) is 0 Å². The molecule has 16 heavy (non-hydrogen) atoms. The summed E-state index contributed by atoms with van der Waals surface area (Å²) in [7, 11) is 0. The molecule has 0 radical (unpaired) electrons. The second-order valence-corrected chi connectivity index (χ2v) is 5.37. The molecule has 0 aromatic carbocycles. The summed E-state index contributed by atoms with van der Waals surface area (Å²) in [5.74, 6) is 1.07. The second kappa shape index (κ2) is 5.05. The standard InChI is InChI=1S/C14H23NO/c1-3-12(13-7-6-10-16-13)15-11-14(2)8-4-5-9-14/h6-7,10,12,15H,3-5,8-9,11H2,1-2H3. The van der Waals surface area contributed by atoms with Gasteiger partial charge in [0.05, 0.1) is 12.3 Å². The summed E-state index contributed by atoms with van der Waals surface area (Å²) >= 11 is 0. The first-order valence-electron chi connectivity index (χ1n) is 6.50. The third-order valence-corrected chi connectivity index (χ3v) is 3.88. The summed E-state index contributed by atoms with van der Waals surface area (Å²) in [6.45, 7) is 5.73. The van der Waals surface area contributed by atoms with Crippen molar-refractivity contribution in [3.05, 3.63) is 24.2 Å². The lowest BCUT2D eigenvalue weighted by Gasteiger charge is -2.26. The number of furan rings is 1. The molecule has 1 aliphatic rings. The van der Waals surface area contributed by atoms with Crippen molar-refractivity contribution in [2.24, 2.45) is 5.41 Å². The van der Waals surface area contributed by atoms with E-state index in [1.807, 2.05) is 6.07 Å². The Balaban J connectivity index is 1.88. The number of hydrogen-bond donors (Lipinski definition) is 1. The summed E-state index contributed by atoms with van der Waals surface area (Å²) in [5.41, 5.74) is 0.514. The molecule has 0 aliphatic heterocycles. The predicted octanol–water partition coefficient (Wildman–Crippen LogP) is 3.90. The lowest BCUT2D eigenvalue weighted by molar-refractivity contribution is 0.283. The van der Waals surface area contributed by atoms with Crippen LogP contribution in [0.5, 0.6) is 0 Å². The fourth-order valence-corrected chi connectivity index (χ4v) is 2.71. The molecule has 1 N–H and O–H groups in total. The molecule has 1 aromatic heterocycles. The highest BCUT2D eigenvalue weighted by atomic mass is 16.3. The van der Waals surface area contributed by atoms with Gasteiger partial charge in [0.25, 0.3) is 0 Å². The van der Waals surface area contributed by atoms with E-state index < -0.39 is 0 Å². The van der Waals surface area contributed by atoms with Crippen LogP contribution in [-0.4, -0.2) is 6.54 Å². The zero-order chi connectivity index (χ0) is 11.4. The second-order valence-electron chi connectivity index (χ2n) is 5.37. The van der Waals surface area contributed by atoms with Crippen LogP contribution < -0.4 is 5.32 Å². The average Bonchev–Trinajstić information content (AvgIpc) is 2.91. The Morgan fingerprint density at radius 1 is 1.44 bits per heavy atom. The van der Waals surface area contributed by atoms with Gasteiger partial charge in [0.1, 0.15) is 5.76 Å². The van der Waals surface area contributed by atoms with Gasteiger partial charge >= 0.3 is 0 Å². The molecule has 1 heterocycles. The molecule has 2 nitrogen and oxygen atoms in total. The van der Waals surface area contributed by atoms with Gasteiger partial charge in [-0.3, -0.25) is 0 Å². The van der Waals surface area contributed by atoms with Gasteiger partial charge in [-0.1, -0.05) is 26.7 Å². The molecule has 0 amide bonds. The van der Waals surface area contributed by atoms with E-state index in [-0.39, 0.29) is 0 Å². The zero-order valence-electron chi connectivity index (χ0n) is 10.5. The summed E-state index contributed by atoms with van der Waals surface area (Å²) in [6, 6.07) is 4.42. The van der Waals surface area contributed by atoms with Gasteiger partial charge in [-0.15, -0.1) is 0 Å². The predicted molar refractivity (Wildman–Crippen MR) is 66.3 cm³/mol. The highest BCUT2D eigenvalue weighted by molar-refractivity contribution is 5.04. The van der Waals surface area contributed by atoms with Crippen LogP contribution in [0, 0.1) is 5.41 Å². The highest BCUT2D eigenvalue weighted by Crippen LogP contribution is 2.37. The molecule has 1 saturated carbocycles. The van der Waals surface area contributed by atoms with Crippen LogP contribution in [0.3, 0.4) is 0 Å². The van der Waals surface area contributed by atoms with E-state index in [9.17, 15) is 0 Å². The van der Waals surface area contributed by atoms with E-state index in [2.05, 4.69) is 25.2 Å². The molecule has 0 spiro atoms. The maximum Gasteiger partial charge on any atom is 0.120 e. The molecule has 0 saturated heterocycles. The van der Waals surface area contributed by atoms with E-state index in [0.29, 0.717) is 11.5 Å². The fourth-order valence-electron chi connectivity index (χ4n) is 2.71. The molecule has 1 aliphatic carbocycles. The minimum Gasteiger partial charge on any atom is -0.468 e. The molecule has 1 aromatic rings. The van der Waals surface area contributed by atoms with Gasteiger partial charge in [0.2, 0.25) is 0 Å². The summed E-state index contributed by atoms with van der Waals surface area (Å²) in [4.78, 5) is 0. The number of rotatable bonds is 5. The third kappa shape index (κ3) is 2.67. The van der Waals surface area contributed by atoms with Crippen molar-refractivity contribution < 1.29 is 4.42 Å². The largest absolute Gasteiger partial charge is 0.468 e. The fraction of sp³-hybridized carbons (Fsp3) is 0.714. The molecular weight excluding hydrogens is 198 g/mol. The summed E-state index contributed by atoms with van der Waals surface area (Å²) in [6.07, 6.45) is 8.38. The van der Waals surface area contributed by atoms with Crippen molar-refractivity contribution in [1.82, 2.24) is 5.32 Å². The first-order valence-corrected chi connectivity index (χ1v) is 6.50. The molecule has 90 valence electrons. The Kier molecular flexibility index (Phi) is 3.70. The highest BCUT2D eigenvalue weighted by Gasteiger charge is 2.29. The monoisotopic (exact) mass is 221 g/mol. The van der Waals surface area contributed by atoms with Crippen LogP contribution in [0.15, 0.2) is 22.8 Å². The molecule has 2 heteroatoms. The van der Waals surface area contributed by atoms with Crippen molar-refractivity contribution in [1.29, 1.82) is 0 Å². The average molecular weight is 221 g/mol. The minimum absolute atomic E-state index is 0.382. The summed E-state index contributed by atoms with van der Waals surface area (Å²) < 4.78 is 5.47. The van der Waals surface area contributed by atoms with Crippen molar-refractivity contribution in [3.63, 3.8) is 0 Å². The van der Waals surface area contributed by atoms with E-state index in [1.54, 1.807) is 6.26 Å². The minimum atomic E-state index is 0.382. The topological polar surface area (TPSA) is 25.2 Å². The van der Waals surface area contributed by atoms with Gasteiger partial charge in [0.15, 0.2) is 0 Å². The van der Waals surface area contributed by atoms with Crippen LogP contribution in [0.2, 0.25) is 0 Å². The van der Waals surface area contributed by atoms with E-state index in [4.69, 9.17) is 4.42 Å². The Morgan fingerprint density at radius 2 is 2.19 bits per heavy atom. The van der Waals surface area contributed by atoms with Gasteiger partial charge in [0, 0.05) is 6.54 Å². The van der Waals surface area contributed by atoms with Crippen molar-refractivity contribution in [2.75, 3.05) is 6.54 Å². The van der Waals surface area contributed by atoms with Crippen LogP contribution in [0.4, 0.5) is 0 Å². The smallest absolute Gasteiger partial charge is 0.120 e. The zero-order valence-corrected chi connectivity index (χ0v) is 10.5. The maximum absolute atomic E-state index is 5.47. The van der Waals surface area contributed by atoms with E-state index in [1.165, 1.54) is 25.7 Å². The Hall–Kier alpha value is -0.760.